The summed E-state index contributed by atoms with van der Waals surface area (Å²) >= 11 is 0. The van der Waals surface area contributed by atoms with Gasteiger partial charge >= 0.3 is 5.97 Å². The molecule has 4 heteroatoms. The highest BCUT2D eigenvalue weighted by molar-refractivity contribution is 5.86. The second-order valence-electron chi connectivity index (χ2n) is 6.02. The monoisotopic (exact) mass is 302 g/mol. The molecular weight excluding hydrogens is 280 g/mol. The first kappa shape index (κ1) is 15.1. The molecule has 0 amide bonds. The minimum Gasteiger partial charge on any atom is -0.464 e. The van der Waals surface area contributed by atoms with Gasteiger partial charge in [0.25, 0.3) is 0 Å². The Kier molecular flexibility index (Phi) is 4.48. The molecule has 0 spiro atoms. The van der Waals surface area contributed by atoms with E-state index in [0.717, 1.165) is 47.8 Å². The molecule has 2 aromatic rings. The Labute approximate surface area is 130 Å². The third-order valence-corrected chi connectivity index (χ3v) is 4.37. The van der Waals surface area contributed by atoms with Gasteiger partial charge in [0.2, 0.25) is 0 Å². The minimum atomic E-state index is -0.211. The van der Waals surface area contributed by atoms with E-state index in [1.165, 1.54) is 0 Å². The fourth-order valence-corrected chi connectivity index (χ4v) is 3.16. The van der Waals surface area contributed by atoms with Gasteiger partial charge in [0.15, 0.2) is 0 Å². The summed E-state index contributed by atoms with van der Waals surface area (Å²) in [5.41, 5.74) is 2.83. The highest BCUT2D eigenvalue weighted by Crippen LogP contribution is 2.26. The quantitative estimate of drug-likeness (QED) is 0.806. The number of rotatable bonds is 4. The zero-order valence-electron chi connectivity index (χ0n) is 13.1. The summed E-state index contributed by atoms with van der Waals surface area (Å²) in [4.78, 5) is 12.2. The molecule has 1 aromatic heterocycles. The summed E-state index contributed by atoms with van der Waals surface area (Å²) < 4.78 is 16.6. The Balaban J connectivity index is 1.68. The van der Waals surface area contributed by atoms with Gasteiger partial charge in [-0.25, -0.2) is 0 Å². The van der Waals surface area contributed by atoms with Crippen LogP contribution in [0.2, 0.25) is 0 Å². The normalized spacial score (nSPS) is 21.9. The van der Waals surface area contributed by atoms with Crippen LogP contribution in [-0.2, 0) is 20.7 Å². The Morgan fingerprint density at radius 2 is 2.05 bits per heavy atom. The maximum absolute atomic E-state index is 12.2. The van der Waals surface area contributed by atoms with Gasteiger partial charge in [0.05, 0.1) is 18.8 Å². The van der Waals surface area contributed by atoms with E-state index in [2.05, 4.69) is 0 Å². The summed E-state index contributed by atoms with van der Waals surface area (Å²) in [5.74, 6) is -0.211. The number of methoxy groups -OCH3 is 1. The first-order valence-corrected chi connectivity index (χ1v) is 7.86. The van der Waals surface area contributed by atoms with Crippen LogP contribution in [0.4, 0.5) is 0 Å². The molecule has 2 unspecified atom stereocenters. The molecule has 4 nitrogen and oxygen atoms in total. The molecular formula is C18H22O4. The van der Waals surface area contributed by atoms with E-state index in [9.17, 15) is 4.79 Å². The molecule has 118 valence electrons. The third-order valence-electron chi connectivity index (χ3n) is 4.37. The number of carbonyl (C=O) groups excluding carboxylic acids is 1. The molecule has 1 aliphatic carbocycles. The number of benzene rings is 1. The fraction of sp³-hybridized carbons (Fsp3) is 0.500. The first-order valence-electron chi connectivity index (χ1n) is 7.86. The van der Waals surface area contributed by atoms with Gasteiger partial charge in [-0.05, 0) is 37.8 Å². The molecule has 1 fully saturated rings. The van der Waals surface area contributed by atoms with E-state index in [0.29, 0.717) is 0 Å². The molecule has 1 aliphatic rings. The lowest BCUT2D eigenvalue weighted by molar-refractivity contribution is -0.158. The van der Waals surface area contributed by atoms with Crippen molar-refractivity contribution in [3.8, 4) is 0 Å². The van der Waals surface area contributed by atoms with Crippen molar-refractivity contribution in [1.29, 1.82) is 0 Å². The summed E-state index contributed by atoms with van der Waals surface area (Å²) in [7, 11) is 1.68. The second kappa shape index (κ2) is 6.53. The SMILES string of the molecule is COC1CCCCC1OC(=O)Cc1coc2cc(C)ccc12. The van der Waals surface area contributed by atoms with Gasteiger partial charge in [-0.15, -0.1) is 0 Å². The third kappa shape index (κ3) is 3.17. The van der Waals surface area contributed by atoms with Crippen molar-refractivity contribution < 1.29 is 18.7 Å². The molecule has 1 heterocycles. The Hall–Kier alpha value is -1.81. The maximum atomic E-state index is 12.2. The Bertz CT molecular complexity index is 658. The largest absolute Gasteiger partial charge is 0.464 e. The molecule has 0 radical (unpaired) electrons. The van der Waals surface area contributed by atoms with Crippen molar-refractivity contribution in [2.24, 2.45) is 0 Å². The lowest BCUT2D eigenvalue weighted by atomic mass is 9.94. The van der Waals surface area contributed by atoms with Crippen LogP contribution in [0.5, 0.6) is 0 Å². The van der Waals surface area contributed by atoms with Gasteiger partial charge in [0, 0.05) is 18.1 Å². The minimum absolute atomic E-state index is 0.0291. The standard InChI is InChI=1S/C18H22O4/c1-12-7-8-14-13(11-21-17(14)9-12)10-18(19)22-16-6-4-3-5-15(16)20-2/h7-9,11,15-16H,3-6,10H2,1-2H3. The van der Waals surface area contributed by atoms with E-state index in [1.807, 2.05) is 25.1 Å². The van der Waals surface area contributed by atoms with E-state index >= 15 is 0 Å². The number of carbonyl (C=O) groups is 1. The van der Waals surface area contributed by atoms with Crippen LogP contribution < -0.4 is 0 Å². The van der Waals surface area contributed by atoms with E-state index in [-0.39, 0.29) is 24.6 Å². The lowest BCUT2D eigenvalue weighted by Gasteiger charge is -2.29. The smallest absolute Gasteiger partial charge is 0.310 e. The van der Waals surface area contributed by atoms with Crippen molar-refractivity contribution in [2.75, 3.05) is 7.11 Å². The van der Waals surface area contributed by atoms with Crippen molar-refractivity contribution in [2.45, 2.75) is 51.2 Å². The van der Waals surface area contributed by atoms with Crippen molar-refractivity contribution in [3.63, 3.8) is 0 Å². The molecule has 1 aromatic carbocycles. The molecule has 3 rings (SSSR count). The van der Waals surface area contributed by atoms with Gasteiger partial charge in [0.1, 0.15) is 11.7 Å². The zero-order valence-corrected chi connectivity index (χ0v) is 13.1. The number of ether oxygens (including phenoxy) is 2. The Morgan fingerprint density at radius 3 is 2.82 bits per heavy atom. The van der Waals surface area contributed by atoms with Gasteiger partial charge in [-0.2, -0.15) is 0 Å². The molecule has 22 heavy (non-hydrogen) atoms. The van der Waals surface area contributed by atoms with Crippen molar-refractivity contribution >= 4 is 16.9 Å². The highest BCUT2D eigenvalue weighted by atomic mass is 16.6. The predicted octanol–water partition coefficient (Wildman–Crippen LogP) is 3.78. The van der Waals surface area contributed by atoms with Crippen LogP contribution in [0.15, 0.2) is 28.9 Å². The average molecular weight is 302 g/mol. The van der Waals surface area contributed by atoms with Crippen LogP contribution in [-0.4, -0.2) is 25.3 Å². The number of hydrogen-bond donors (Lipinski definition) is 0. The van der Waals surface area contributed by atoms with Crippen LogP contribution in [0, 0.1) is 6.92 Å². The molecule has 0 saturated heterocycles. The van der Waals surface area contributed by atoms with Crippen LogP contribution >= 0.6 is 0 Å². The highest BCUT2D eigenvalue weighted by Gasteiger charge is 2.28. The number of fused-ring (bicyclic) bond motifs is 1. The molecule has 0 bridgehead atoms. The summed E-state index contributed by atoms with van der Waals surface area (Å²) in [6.45, 7) is 2.02. The zero-order chi connectivity index (χ0) is 15.5. The maximum Gasteiger partial charge on any atom is 0.310 e. The van der Waals surface area contributed by atoms with Crippen LogP contribution in [0.1, 0.15) is 36.8 Å². The molecule has 2 atom stereocenters. The van der Waals surface area contributed by atoms with Gasteiger partial charge in [-0.1, -0.05) is 18.6 Å². The van der Waals surface area contributed by atoms with Gasteiger partial charge < -0.3 is 13.9 Å². The number of esters is 1. The molecule has 0 aliphatic heterocycles. The summed E-state index contributed by atoms with van der Waals surface area (Å²) in [6.07, 6.45) is 5.87. The Morgan fingerprint density at radius 1 is 1.27 bits per heavy atom. The molecule has 1 saturated carbocycles. The fourth-order valence-electron chi connectivity index (χ4n) is 3.16. The van der Waals surface area contributed by atoms with E-state index in [4.69, 9.17) is 13.9 Å². The second-order valence-corrected chi connectivity index (χ2v) is 6.02. The van der Waals surface area contributed by atoms with Crippen LogP contribution in [0.25, 0.3) is 11.0 Å². The van der Waals surface area contributed by atoms with Crippen molar-refractivity contribution in [1.82, 2.24) is 0 Å². The first-order chi connectivity index (χ1) is 10.7. The number of hydrogen-bond acceptors (Lipinski definition) is 4. The van der Waals surface area contributed by atoms with Crippen molar-refractivity contribution in [3.05, 3.63) is 35.6 Å². The topological polar surface area (TPSA) is 48.7 Å². The van der Waals surface area contributed by atoms with E-state index < -0.39 is 0 Å². The predicted molar refractivity (Wildman–Crippen MR) is 83.8 cm³/mol. The van der Waals surface area contributed by atoms with Crippen LogP contribution in [0.3, 0.4) is 0 Å². The number of aryl methyl sites for hydroxylation is 1. The average Bonchev–Trinajstić information content (AvgIpc) is 2.89. The number of furan rings is 1. The molecule has 0 N–H and O–H groups in total. The lowest BCUT2D eigenvalue weighted by Crippen LogP contribution is -2.36. The van der Waals surface area contributed by atoms with E-state index in [1.54, 1.807) is 13.4 Å². The summed E-state index contributed by atoms with van der Waals surface area (Å²) in [6, 6.07) is 6.00. The van der Waals surface area contributed by atoms with Gasteiger partial charge in [-0.3, -0.25) is 4.79 Å². The summed E-state index contributed by atoms with van der Waals surface area (Å²) in [5, 5.41) is 0.981.